The predicted octanol–water partition coefficient (Wildman–Crippen LogP) is 1.83. The molecule has 1 unspecified atom stereocenters. The van der Waals surface area contributed by atoms with Crippen molar-refractivity contribution >= 4 is 40.7 Å². The van der Waals surface area contributed by atoms with Crippen LogP contribution in [-0.2, 0) is 23.9 Å². The predicted molar refractivity (Wildman–Crippen MR) is 88.0 cm³/mol. The van der Waals surface area contributed by atoms with Gasteiger partial charge in [0.1, 0.15) is 5.92 Å². The summed E-state index contributed by atoms with van der Waals surface area (Å²) < 4.78 is 9.78. The van der Waals surface area contributed by atoms with E-state index < -0.39 is 29.4 Å². The molecule has 24 heavy (non-hydrogen) atoms. The molecule has 0 amide bonds. The largest absolute Gasteiger partial charge is 0.465 e. The molecule has 7 nitrogen and oxygen atoms in total. The first-order valence-electron chi connectivity index (χ1n) is 7.47. The van der Waals surface area contributed by atoms with E-state index in [2.05, 4.69) is 5.10 Å². The average molecular weight is 353 g/mol. The van der Waals surface area contributed by atoms with Gasteiger partial charge in [0, 0.05) is 5.02 Å². The third-order valence-electron chi connectivity index (χ3n) is 3.29. The van der Waals surface area contributed by atoms with Crippen molar-refractivity contribution in [1.29, 1.82) is 0 Å². The van der Waals surface area contributed by atoms with Gasteiger partial charge >= 0.3 is 11.9 Å². The highest BCUT2D eigenvalue weighted by molar-refractivity contribution is 6.66. The third-order valence-corrected chi connectivity index (χ3v) is 3.54. The Hall–Kier alpha value is -2.41. The molecule has 128 valence electrons. The highest BCUT2D eigenvalue weighted by Crippen LogP contribution is 2.23. The van der Waals surface area contributed by atoms with Crippen molar-refractivity contribution in [3.8, 4) is 0 Å². The van der Waals surface area contributed by atoms with Crippen molar-refractivity contribution in [3.63, 3.8) is 0 Å². The number of hydrogen-bond acceptors (Lipinski definition) is 7. The zero-order chi connectivity index (χ0) is 17.7. The van der Waals surface area contributed by atoms with E-state index >= 15 is 0 Å². The Morgan fingerprint density at radius 3 is 2.42 bits per heavy atom. The van der Waals surface area contributed by atoms with E-state index in [-0.39, 0.29) is 19.8 Å². The van der Waals surface area contributed by atoms with Crippen LogP contribution in [0.3, 0.4) is 0 Å². The van der Waals surface area contributed by atoms with Crippen molar-refractivity contribution < 1.29 is 23.9 Å². The molecule has 1 aliphatic rings. The van der Waals surface area contributed by atoms with Gasteiger partial charge in [-0.25, -0.2) is 4.79 Å². The number of rotatable bonds is 5. The summed E-state index contributed by atoms with van der Waals surface area (Å²) in [5.74, 6) is -3.40. The maximum absolute atomic E-state index is 12.4. The SMILES string of the molecule is CCOC(=O)C1=NN(c2ccc(Cl)cc2)CC(C(=O)OCC)C1=O. The summed E-state index contributed by atoms with van der Waals surface area (Å²) in [5, 5.41) is 5.97. The first kappa shape index (κ1) is 17.9. The quantitative estimate of drug-likeness (QED) is 0.593. The summed E-state index contributed by atoms with van der Waals surface area (Å²) >= 11 is 5.86. The van der Waals surface area contributed by atoms with Gasteiger partial charge in [-0.15, -0.1) is 0 Å². The minimum absolute atomic E-state index is 0.0256. The van der Waals surface area contributed by atoms with Crippen molar-refractivity contribution in [2.45, 2.75) is 13.8 Å². The molecule has 0 aliphatic carbocycles. The number of nitrogens with zero attached hydrogens (tertiary/aromatic N) is 2. The van der Waals surface area contributed by atoms with Crippen LogP contribution < -0.4 is 5.01 Å². The molecule has 0 radical (unpaired) electrons. The number of benzene rings is 1. The van der Waals surface area contributed by atoms with Gasteiger partial charge in [0.05, 0.1) is 25.4 Å². The maximum Gasteiger partial charge on any atom is 0.362 e. The monoisotopic (exact) mass is 352 g/mol. The van der Waals surface area contributed by atoms with E-state index in [0.29, 0.717) is 10.7 Å². The second-order valence-corrected chi connectivity index (χ2v) is 5.33. The lowest BCUT2D eigenvalue weighted by Gasteiger charge is -2.28. The first-order valence-corrected chi connectivity index (χ1v) is 7.85. The molecule has 0 saturated carbocycles. The van der Waals surface area contributed by atoms with Gasteiger partial charge in [-0.1, -0.05) is 11.6 Å². The summed E-state index contributed by atoms with van der Waals surface area (Å²) in [6.45, 7) is 3.46. The fourth-order valence-corrected chi connectivity index (χ4v) is 2.30. The fourth-order valence-electron chi connectivity index (χ4n) is 2.17. The van der Waals surface area contributed by atoms with Crippen LogP contribution >= 0.6 is 11.6 Å². The van der Waals surface area contributed by atoms with Gasteiger partial charge in [-0.05, 0) is 38.1 Å². The Morgan fingerprint density at radius 1 is 1.21 bits per heavy atom. The molecule has 0 saturated heterocycles. The number of ketones is 1. The van der Waals surface area contributed by atoms with Crippen molar-refractivity contribution in [3.05, 3.63) is 29.3 Å². The Bertz CT molecular complexity index is 672. The van der Waals surface area contributed by atoms with E-state index in [1.807, 2.05) is 0 Å². The van der Waals surface area contributed by atoms with Gasteiger partial charge in [-0.2, -0.15) is 5.10 Å². The third kappa shape index (κ3) is 3.91. The minimum Gasteiger partial charge on any atom is -0.465 e. The van der Waals surface area contributed by atoms with Crippen molar-refractivity contribution in [1.82, 2.24) is 0 Å². The van der Waals surface area contributed by atoms with Gasteiger partial charge < -0.3 is 9.47 Å². The lowest BCUT2D eigenvalue weighted by Crippen LogP contribution is -2.47. The highest BCUT2D eigenvalue weighted by Gasteiger charge is 2.40. The molecular weight excluding hydrogens is 336 g/mol. The normalized spacial score (nSPS) is 17.3. The molecular formula is C16H17ClN2O5. The molecule has 1 aliphatic heterocycles. The van der Waals surface area contributed by atoms with Crippen LogP contribution in [0.25, 0.3) is 0 Å². The first-order chi connectivity index (χ1) is 11.5. The number of ether oxygens (including phenoxy) is 2. The van der Waals surface area contributed by atoms with Crippen LogP contribution in [0, 0.1) is 5.92 Å². The van der Waals surface area contributed by atoms with E-state index in [1.54, 1.807) is 38.1 Å². The van der Waals surface area contributed by atoms with Crippen LogP contribution in [0.1, 0.15) is 13.8 Å². The number of halogens is 1. The van der Waals surface area contributed by atoms with Gasteiger partial charge in [0.25, 0.3) is 0 Å². The average Bonchev–Trinajstić information content (AvgIpc) is 2.56. The minimum atomic E-state index is -1.14. The molecule has 0 aromatic heterocycles. The summed E-state index contributed by atoms with van der Waals surface area (Å²) in [5.41, 5.74) is 0.166. The fraction of sp³-hybridized carbons (Fsp3) is 0.375. The standard InChI is InChI=1S/C16H17ClN2O5/c1-3-23-15(21)12-9-19(11-7-5-10(17)6-8-11)18-13(14(12)20)16(22)24-4-2/h5-8,12H,3-4,9H2,1-2H3. The maximum atomic E-state index is 12.4. The number of esters is 2. The zero-order valence-corrected chi connectivity index (χ0v) is 14.1. The summed E-state index contributed by atoms with van der Waals surface area (Å²) in [6.07, 6.45) is 0. The van der Waals surface area contributed by atoms with Crippen molar-refractivity contribution in [2.24, 2.45) is 11.0 Å². The lowest BCUT2D eigenvalue weighted by atomic mass is 9.98. The van der Waals surface area contributed by atoms with Crippen LogP contribution in [-0.4, -0.2) is 43.2 Å². The van der Waals surface area contributed by atoms with E-state index in [9.17, 15) is 14.4 Å². The number of hydrazone groups is 1. The Morgan fingerprint density at radius 2 is 1.83 bits per heavy atom. The van der Waals surface area contributed by atoms with Crippen LogP contribution in [0.5, 0.6) is 0 Å². The number of anilines is 1. The molecule has 8 heteroatoms. The molecule has 0 fully saturated rings. The molecule has 0 N–H and O–H groups in total. The topological polar surface area (TPSA) is 85.3 Å². The smallest absolute Gasteiger partial charge is 0.362 e. The van der Waals surface area contributed by atoms with Crippen LogP contribution in [0.15, 0.2) is 29.4 Å². The van der Waals surface area contributed by atoms with Crippen LogP contribution in [0.2, 0.25) is 5.02 Å². The second-order valence-electron chi connectivity index (χ2n) is 4.90. The number of hydrogen-bond donors (Lipinski definition) is 0. The highest BCUT2D eigenvalue weighted by atomic mass is 35.5. The molecule has 1 aromatic carbocycles. The van der Waals surface area contributed by atoms with E-state index in [4.69, 9.17) is 21.1 Å². The Kier molecular flexibility index (Phi) is 5.92. The van der Waals surface area contributed by atoms with Gasteiger partial charge in [0.2, 0.25) is 11.5 Å². The van der Waals surface area contributed by atoms with Crippen molar-refractivity contribution in [2.75, 3.05) is 24.8 Å². The zero-order valence-electron chi connectivity index (χ0n) is 13.3. The molecule has 0 bridgehead atoms. The summed E-state index contributed by atoms with van der Waals surface area (Å²) in [4.78, 5) is 36.5. The Labute approximate surface area is 144 Å². The summed E-state index contributed by atoms with van der Waals surface area (Å²) in [7, 11) is 0. The van der Waals surface area contributed by atoms with Gasteiger partial charge in [-0.3, -0.25) is 14.6 Å². The number of Topliss-reactive ketones (excluding diaryl/α,β-unsaturated/α-hetero) is 1. The number of carbonyl (C=O) groups is 3. The molecule has 1 atom stereocenters. The second kappa shape index (κ2) is 7.92. The summed E-state index contributed by atoms with van der Waals surface area (Å²) in [6, 6.07) is 6.64. The van der Waals surface area contributed by atoms with Crippen LogP contribution in [0.4, 0.5) is 5.69 Å². The molecule has 0 spiro atoms. The lowest BCUT2D eigenvalue weighted by molar-refractivity contribution is -0.150. The molecule has 1 aromatic rings. The van der Waals surface area contributed by atoms with E-state index in [0.717, 1.165) is 0 Å². The number of carbonyl (C=O) groups excluding carboxylic acids is 3. The Balaban J connectivity index is 2.38. The molecule has 2 rings (SSSR count). The van der Waals surface area contributed by atoms with E-state index in [1.165, 1.54) is 5.01 Å². The van der Waals surface area contributed by atoms with Gasteiger partial charge in [0.15, 0.2) is 0 Å². The molecule has 1 heterocycles.